The lowest BCUT2D eigenvalue weighted by atomic mass is 10.2. The summed E-state index contributed by atoms with van der Waals surface area (Å²) in [6, 6.07) is 0.555. The van der Waals surface area contributed by atoms with Crippen LogP contribution in [-0.2, 0) is 0 Å². The van der Waals surface area contributed by atoms with Gasteiger partial charge in [-0.15, -0.1) is 0 Å². The number of nitrogens with zero attached hydrogens (tertiary/aromatic N) is 2. The third-order valence-electron chi connectivity index (χ3n) is 2.76. The van der Waals surface area contributed by atoms with Crippen molar-refractivity contribution in [1.82, 2.24) is 10.1 Å². The van der Waals surface area contributed by atoms with Crippen molar-refractivity contribution < 1.29 is 4.52 Å². The first-order valence-corrected chi connectivity index (χ1v) is 6.50. The molecule has 1 aromatic heterocycles. The molecular weight excluding hydrogens is 210 g/mol. The second kappa shape index (κ2) is 4.04. The number of thioether (sulfide) groups is 1. The zero-order valence-electron chi connectivity index (χ0n) is 9.41. The molecule has 1 aromatic rings. The minimum atomic E-state index is 0.319. The summed E-state index contributed by atoms with van der Waals surface area (Å²) in [5.74, 6) is 1.09. The van der Waals surface area contributed by atoms with Crippen molar-refractivity contribution in [1.29, 1.82) is 0 Å². The maximum Gasteiger partial charge on any atom is 0.321 e. The molecule has 15 heavy (non-hydrogen) atoms. The molecule has 0 amide bonds. The lowest BCUT2D eigenvalue weighted by Crippen LogP contribution is -2.17. The molecule has 1 saturated carbocycles. The number of hydrogen-bond donors (Lipinski definition) is 1. The molecule has 0 bridgehead atoms. The van der Waals surface area contributed by atoms with Crippen molar-refractivity contribution >= 4 is 17.8 Å². The second-order valence-electron chi connectivity index (χ2n) is 4.35. The standard InChI is InChI=1S/C10H17N3OS/c1-7(2)8-12-9(14-13-8)11-6-10(15-3)4-5-10/h7H,4-6H2,1-3H3,(H,11,12,13). The van der Waals surface area contributed by atoms with Gasteiger partial charge in [0.25, 0.3) is 0 Å². The Hall–Kier alpha value is -0.710. The zero-order valence-corrected chi connectivity index (χ0v) is 10.2. The first-order valence-electron chi connectivity index (χ1n) is 5.28. The van der Waals surface area contributed by atoms with Crippen LogP contribution in [0.15, 0.2) is 4.52 Å². The Labute approximate surface area is 94.2 Å². The Morgan fingerprint density at radius 3 is 2.73 bits per heavy atom. The first-order chi connectivity index (χ1) is 7.15. The molecule has 1 aliphatic rings. The molecule has 4 nitrogen and oxygen atoms in total. The highest BCUT2D eigenvalue weighted by atomic mass is 32.2. The van der Waals surface area contributed by atoms with Gasteiger partial charge in [-0.25, -0.2) is 0 Å². The topological polar surface area (TPSA) is 51.0 Å². The van der Waals surface area contributed by atoms with Gasteiger partial charge in [0.1, 0.15) is 0 Å². The van der Waals surface area contributed by atoms with E-state index in [0.717, 1.165) is 12.4 Å². The molecule has 0 aliphatic heterocycles. The molecule has 0 radical (unpaired) electrons. The van der Waals surface area contributed by atoms with Crippen LogP contribution >= 0.6 is 11.8 Å². The van der Waals surface area contributed by atoms with E-state index in [9.17, 15) is 0 Å². The van der Waals surface area contributed by atoms with E-state index < -0.39 is 0 Å². The lowest BCUT2D eigenvalue weighted by molar-refractivity contribution is 0.419. The molecule has 1 fully saturated rings. The third-order valence-corrected chi connectivity index (χ3v) is 4.18. The summed E-state index contributed by atoms with van der Waals surface area (Å²) in [6.45, 7) is 5.03. The van der Waals surface area contributed by atoms with Crippen LogP contribution in [0.5, 0.6) is 0 Å². The van der Waals surface area contributed by atoms with E-state index in [4.69, 9.17) is 4.52 Å². The van der Waals surface area contributed by atoms with E-state index in [0.29, 0.717) is 16.7 Å². The van der Waals surface area contributed by atoms with Gasteiger partial charge in [-0.3, -0.25) is 0 Å². The molecule has 84 valence electrons. The highest BCUT2D eigenvalue weighted by Gasteiger charge is 2.41. The van der Waals surface area contributed by atoms with Gasteiger partial charge in [0, 0.05) is 17.2 Å². The van der Waals surface area contributed by atoms with Crippen LogP contribution < -0.4 is 5.32 Å². The molecular formula is C10H17N3OS. The number of anilines is 1. The summed E-state index contributed by atoms with van der Waals surface area (Å²) < 4.78 is 5.54. The minimum Gasteiger partial charge on any atom is -0.336 e. The second-order valence-corrected chi connectivity index (χ2v) is 5.63. The lowest BCUT2D eigenvalue weighted by Gasteiger charge is -2.10. The van der Waals surface area contributed by atoms with Crippen molar-refractivity contribution in [2.45, 2.75) is 37.4 Å². The third kappa shape index (κ3) is 2.45. The van der Waals surface area contributed by atoms with Gasteiger partial charge in [0.2, 0.25) is 0 Å². The van der Waals surface area contributed by atoms with Gasteiger partial charge < -0.3 is 9.84 Å². The summed E-state index contributed by atoms with van der Waals surface area (Å²) >= 11 is 1.92. The Kier molecular flexibility index (Phi) is 2.91. The van der Waals surface area contributed by atoms with Gasteiger partial charge in [-0.05, 0) is 19.1 Å². The maximum atomic E-state index is 5.11. The summed E-state index contributed by atoms with van der Waals surface area (Å²) in [5, 5.41) is 7.12. The minimum absolute atomic E-state index is 0.319. The number of nitrogens with one attached hydrogen (secondary N) is 1. The summed E-state index contributed by atoms with van der Waals surface area (Å²) in [5.41, 5.74) is 0. The quantitative estimate of drug-likeness (QED) is 0.837. The predicted octanol–water partition coefficient (Wildman–Crippen LogP) is 2.50. The van der Waals surface area contributed by atoms with E-state index >= 15 is 0 Å². The molecule has 1 aliphatic carbocycles. The zero-order chi connectivity index (χ0) is 10.9. The highest BCUT2D eigenvalue weighted by Crippen LogP contribution is 2.46. The van der Waals surface area contributed by atoms with Crippen LogP contribution in [0, 0.1) is 0 Å². The van der Waals surface area contributed by atoms with Gasteiger partial charge in [0.05, 0.1) is 0 Å². The van der Waals surface area contributed by atoms with Crippen LogP contribution in [0.4, 0.5) is 6.01 Å². The van der Waals surface area contributed by atoms with Crippen LogP contribution in [0.1, 0.15) is 38.4 Å². The van der Waals surface area contributed by atoms with Gasteiger partial charge in [-0.2, -0.15) is 16.7 Å². The Morgan fingerprint density at radius 2 is 2.27 bits per heavy atom. The Bertz CT molecular complexity index is 333. The molecule has 1 heterocycles. The fraction of sp³-hybridized carbons (Fsp3) is 0.800. The van der Waals surface area contributed by atoms with Crippen molar-refractivity contribution in [3.63, 3.8) is 0 Å². The van der Waals surface area contributed by atoms with Crippen molar-refractivity contribution in [3.8, 4) is 0 Å². The van der Waals surface area contributed by atoms with Gasteiger partial charge >= 0.3 is 6.01 Å². The smallest absolute Gasteiger partial charge is 0.321 e. The van der Waals surface area contributed by atoms with E-state index in [1.54, 1.807) is 0 Å². The van der Waals surface area contributed by atoms with Crippen LogP contribution in [-0.4, -0.2) is 27.7 Å². The van der Waals surface area contributed by atoms with Gasteiger partial charge in [0.15, 0.2) is 5.82 Å². The average Bonchev–Trinajstić information content (AvgIpc) is 2.85. The molecule has 2 rings (SSSR count). The fourth-order valence-corrected chi connectivity index (χ4v) is 2.10. The SMILES string of the molecule is CSC1(CNc2nc(C(C)C)no2)CC1. The molecule has 5 heteroatoms. The van der Waals surface area contributed by atoms with Crippen molar-refractivity contribution in [3.05, 3.63) is 5.82 Å². The summed E-state index contributed by atoms with van der Waals surface area (Å²) in [6.07, 6.45) is 4.72. The number of rotatable bonds is 5. The average molecular weight is 227 g/mol. The maximum absolute atomic E-state index is 5.11. The van der Waals surface area contributed by atoms with Crippen LogP contribution in [0.25, 0.3) is 0 Å². The van der Waals surface area contributed by atoms with Gasteiger partial charge in [-0.1, -0.05) is 19.0 Å². The molecule has 0 saturated heterocycles. The van der Waals surface area contributed by atoms with E-state index in [1.165, 1.54) is 12.8 Å². The Morgan fingerprint density at radius 1 is 1.53 bits per heavy atom. The largest absolute Gasteiger partial charge is 0.336 e. The highest BCUT2D eigenvalue weighted by molar-refractivity contribution is 8.00. The van der Waals surface area contributed by atoms with Crippen LogP contribution in [0.3, 0.4) is 0 Å². The summed E-state index contributed by atoms with van der Waals surface area (Å²) in [7, 11) is 0. The molecule has 0 spiro atoms. The first kappa shape index (κ1) is 10.8. The monoisotopic (exact) mass is 227 g/mol. The Balaban J connectivity index is 1.88. The van der Waals surface area contributed by atoms with E-state index in [1.807, 2.05) is 11.8 Å². The fourth-order valence-electron chi connectivity index (χ4n) is 1.37. The predicted molar refractivity (Wildman–Crippen MR) is 62.4 cm³/mol. The van der Waals surface area contributed by atoms with Crippen molar-refractivity contribution in [2.24, 2.45) is 0 Å². The van der Waals surface area contributed by atoms with Crippen molar-refractivity contribution in [2.75, 3.05) is 18.1 Å². The molecule has 1 N–H and O–H groups in total. The normalized spacial score (nSPS) is 18.1. The summed E-state index contributed by atoms with van der Waals surface area (Å²) in [4.78, 5) is 4.28. The number of hydrogen-bond acceptors (Lipinski definition) is 5. The van der Waals surface area contributed by atoms with E-state index in [2.05, 4.69) is 35.6 Å². The molecule has 0 atom stereocenters. The van der Waals surface area contributed by atoms with Crippen LogP contribution in [0.2, 0.25) is 0 Å². The van der Waals surface area contributed by atoms with E-state index in [-0.39, 0.29) is 0 Å². The number of aromatic nitrogens is 2. The molecule has 0 aromatic carbocycles. The molecule has 0 unspecified atom stereocenters.